The highest BCUT2D eigenvalue weighted by molar-refractivity contribution is 6.31. The van der Waals surface area contributed by atoms with Gasteiger partial charge >= 0.3 is 0 Å². The van der Waals surface area contributed by atoms with Gasteiger partial charge in [0.15, 0.2) is 0 Å². The lowest BCUT2D eigenvalue weighted by Gasteiger charge is -2.16. The van der Waals surface area contributed by atoms with Crippen molar-refractivity contribution in [2.75, 3.05) is 0 Å². The molecule has 0 saturated heterocycles. The minimum Gasteiger partial charge on any atom is -0.318 e. The fraction of sp³-hybridized carbons (Fsp3) is 0.333. The van der Waals surface area contributed by atoms with Gasteiger partial charge < -0.3 is 5.73 Å². The zero-order valence-electron chi connectivity index (χ0n) is 9.84. The van der Waals surface area contributed by atoms with E-state index in [4.69, 9.17) is 17.3 Å². The number of aromatic nitrogens is 3. The van der Waals surface area contributed by atoms with E-state index in [-0.39, 0.29) is 12.1 Å². The molecule has 5 heteroatoms. The molecule has 17 heavy (non-hydrogen) atoms. The van der Waals surface area contributed by atoms with Crippen LogP contribution in [0.25, 0.3) is 0 Å². The van der Waals surface area contributed by atoms with Gasteiger partial charge in [-0.1, -0.05) is 29.8 Å². The quantitative estimate of drug-likeness (QED) is 0.911. The molecular formula is C12H15ClN4. The van der Waals surface area contributed by atoms with E-state index >= 15 is 0 Å². The van der Waals surface area contributed by atoms with Gasteiger partial charge in [0.05, 0.1) is 6.04 Å². The van der Waals surface area contributed by atoms with E-state index in [1.807, 2.05) is 42.8 Å². The average molecular weight is 251 g/mol. The fourth-order valence-electron chi connectivity index (χ4n) is 1.75. The highest BCUT2D eigenvalue weighted by Crippen LogP contribution is 2.25. The summed E-state index contributed by atoms with van der Waals surface area (Å²) in [6, 6.07) is 7.40. The minimum absolute atomic E-state index is 0.223. The molecule has 0 saturated carbocycles. The molecule has 2 aromatic rings. The molecular weight excluding hydrogens is 236 g/mol. The second-order valence-corrected chi connectivity index (χ2v) is 4.56. The molecule has 1 aromatic carbocycles. The second-order valence-electron chi connectivity index (χ2n) is 4.16. The van der Waals surface area contributed by atoms with Gasteiger partial charge in [0.2, 0.25) is 0 Å². The Labute approximate surface area is 105 Å². The molecule has 1 aromatic heterocycles. The van der Waals surface area contributed by atoms with Gasteiger partial charge in [-0.2, -0.15) is 5.10 Å². The standard InChI is InChI=1S/C12H15ClN4/c1-8(2)17-12(15-7-16-17)11(14)9-5-3-4-6-10(9)13/h3-8,11H,14H2,1-2H3. The molecule has 0 bridgehead atoms. The van der Waals surface area contributed by atoms with Crippen LogP contribution < -0.4 is 5.73 Å². The van der Waals surface area contributed by atoms with Gasteiger partial charge in [0.25, 0.3) is 0 Å². The third kappa shape index (κ3) is 2.33. The van der Waals surface area contributed by atoms with Crippen molar-refractivity contribution >= 4 is 11.6 Å². The van der Waals surface area contributed by atoms with Gasteiger partial charge in [0, 0.05) is 11.1 Å². The zero-order valence-corrected chi connectivity index (χ0v) is 10.6. The van der Waals surface area contributed by atoms with E-state index in [0.717, 1.165) is 11.4 Å². The molecule has 0 aliphatic carbocycles. The largest absolute Gasteiger partial charge is 0.318 e. The Morgan fingerprint density at radius 3 is 2.65 bits per heavy atom. The van der Waals surface area contributed by atoms with Crippen LogP contribution in [0.15, 0.2) is 30.6 Å². The maximum atomic E-state index is 6.19. The number of hydrogen-bond acceptors (Lipinski definition) is 3. The van der Waals surface area contributed by atoms with Gasteiger partial charge in [-0.25, -0.2) is 9.67 Å². The lowest BCUT2D eigenvalue weighted by molar-refractivity contribution is 0.494. The molecule has 1 atom stereocenters. The van der Waals surface area contributed by atoms with Crippen LogP contribution in [0.5, 0.6) is 0 Å². The van der Waals surface area contributed by atoms with Crippen LogP contribution in [0.1, 0.15) is 37.3 Å². The van der Waals surface area contributed by atoms with Crippen molar-refractivity contribution in [1.82, 2.24) is 14.8 Å². The minimum atomic E-state index is -0.353. The molecule has 0 radical (unpaired) electrons. The van der Waals surface area contributed by atoms with Crippen LogP contribution in [0, 0.1) is 0 Å². The topological polar surface area (TPSA) is 56.7 Å². The summed E-state index contributed by atoms with van der Waals surface area (Å²) in [6.07, 6.45) is 1.52. The second kappa shape index (κ2) is 4.85. The Hall–Kier alpha value is -1.39. The van der Waals surface area contributed by atoms with Crippen molar-refractivity contribution in [3.05, 3.63) is 47.0 Å². The molecule has 1 heterocycles. The summed E-state index contributed by atoms with van der Waals surface area (Å²) in [4.78, 5) is 4.22. The van der Waals surface area contributed by atoms with E-state index in [0.29, 0.717) is 5.02 Å². The van der Waals surface area contributed by atoms with Crippen LogP contribution in [-0.2, 0) is 0 Å². The first-order chi connectivity index (χ1) is 8.11. The van der Waals surface area contributed by atoms with Crippen molar-refractivity contribution in [1.29, 1.82) is 0 Å². The summed E-state index contributed by atoms with van der Waals surface area (Å²) in [5.41, 5.74) is 7.06. The maximum absolute atomic E-state index is 6.19. The van der Waals surface area contributed by atoms with E-state index < -0.39 is 0 Å². The third-order valence-electron chi connectivity index (χ3n) is 2.61. The summed E-state index contributed by atoms with van der Waals surface area (Å²) in [6.45, 7) is 4.08. The monoisotopic (exact) mass is 250 g/mol. The fourth-order valence-corrected chi connectivity index (χ4v) is 2.00. The molecule has 2 N–H and O–H groups in total. The lowest BCUT2D eigenvalue weighted by Crippen LogP contribution is -2.20. The number of nitrogens with two attached hydrogens (primary N) is 1. The number of hydrogen-bond donors (Lipinski definition) is 1. The molecule has 90 valence electrons. The van der Waals surface area contributed by atoms with Crippen molar-refractivity contribution in [2.24, 2.45) is 5.73 Å². The van der Waals surface area contributed by atoms with Crippen LogP contribution in [-0.4, -0.2) is 14.8 Å². The Kier molecular flexibility index (Phi) is 3.45. The molecule has 1 unspecified atom stereocenters. The first-order valence-electron chi connectivity index (χ1n) is 5.50. The van der Waals surface area contributed by atoms with Crippen LogP contribution in [0.4, 0.5) is 0 Å². The summed E-state index contributed by atoms with van der Waals surface area (Å²) in [5.74, 6) is 0.730. The van der Waals surface area contributed by atoms with Gasteiger partial charge in [0.1, 0.15) is 12.2 Å². The van der Waals surface area contributed by atoms with E-state index in [1.165, 1.54) is 6.33 Å². The number of nitrogens with zero attached hydrogens (tertiary/aromatic N) is 3. The van der Waals surface area contributed by atoms with Gasteiger partial charge in [-0.05, 0) is 25.5 Å². The van der Waals surface area contributed by atoms with Crippen LogP contribution in [0.2, 0.25) is 5.02 Å². The Bertz CT molecular complexity index is 507. The molecule has 0 amide bonds. The van der Waals surface area contributed by atoms with E-state index in [1.54, 1.807) is 0 Å². The summed E-state index contributed by atoms with van der Waals surface area (Å²) >= 11 is 6.13. The summed E-state index contributed by atoms with van der Waals surface area (Å²) < 4.78 is 1.81. The predicted octanol–water partition coefficient (Wildman–Crippen LogP) is 2.56. The molecule has 2 rings (SSSR count). The lowest BCUT2D eigenvalue weighted by atomic mass is 10.1. The Balaban J connectivity index is 2.41. The maximum Gasteiger partial charge on any atom is 0.148 e. The SMILES string of the molecule is CC(C)n1ncnc1C(N)c1ccccc1Cl. The van der Waals surface area contributed by atoms with E-state index in [2.05, 4.69) is 10.1 Å². The summed E-state index contributed by atoms with van der Waals surface area (Å²) in [7, 11) is 0. The molecule has 0 spiro atoms. The number of rotatable bonds is 3. The van der Waals surface area contributed by atoms with Crippen molar-refractivity contribution < 1.29 is 0 Å². The van der Waals surface area contributed by atoms with E-state index in [9.17, 15) is 0 Å². The highest BCUT2D eigenvalue weighted by Gasteiger charge is 2.19. The van der Waals surface area contributed by atoms with Crippen LogP contribution >= 0.6 is 11.6 Å². The molecule has 0 fully saturated rings. The third-order valence-corrected chi connectivity index (χ3v) is 2.95. The zero-order chi connectivity index (χ0) is 12.4. The van der Waals surface area contributed by atoms with Gasteiger partial charge in [-0.3, -0.25) is 0 Å². The molecule has 0 aliphatic heterocycles. The van der Waals surface area contributed by atoms with Crippen LogP contribution in [0.3, 0.4) is 0 Å². The number of benzene rings is 1. The first-order valence-corrected chi connectivity index (χ1v) is 5.88. The molecule has 4 nitrogen and oxygen atoms in total. The number of halogens is 1. The average Bonchev–Trinajstić information content (AvgIpc) is 2.77. The smallest absolute Gasteiger partial charge is 0.148 e. The molecule has 0 aliphatic rings. The Morgan fingerprint density at radius 2 is 2.00 bits per heavy atom. The van der Waals surface area contributed by atoms with Crippen molar-refractivity contribution in [3.8, 4) is 0 Å². The highest BCUT2D eigenvalue weighted by atomic mass is 35.5. The first kappa shape index (κ1) is 12.1. The van der Waals surface area contributed by atoms with Crippen molar-refractivity contribution in [3.63, 3.8) is 0 Å². The summed E-state index contributed by atoms with van der Waals surface area (Å²) in [5, 5.41) is 4.83. The normalized spacial score (nSPS) is 13.0. The van der Waals surface area contributed by atoms with Crippen molar-refractivity contribution in [2.45, 2.75) is 25.9 Å². The Morgan fingerprint density at radius 1 is 1.29 bits per heavy atom. The van der Waals surface area contributed by atoms with Gasteiger partial charge in [-0.15, -0.1) is 0 Å². The predicted molar refractivity (Wildman–Crippen MR) is 67.9 cm³/mol.